The van der Waals surface area contributed by atoms with Crippen molar-refractivity contribution in [1.82, 2.24) is 0 Å². The van der Waals surface area contributed by atoms with Crippen molar-refractivity contribution in [2.24, 2.45) is 5.16 Å². The van der Waals surface area contributed by atoms with E-state index in [9.17, 15) is 9.59 Å². The second-order valence-corrected chi connectivity index (χ2v) is 3.33. The summed E-state index contributed by atoms with van der Waals surface area (Å²) in [6, 6.07) is 0. The Kier molecular flexibility index (Phi) is 4.87. The number of hydrogen-bond acceptors (Lipinski definition) is 5. The van der Waals surface area contributed by atoms with Crippen LogP contribution in [-0.4, -0.2) is 29.3 Å². The van der Waals surface area contributed by atoms with Crippen LogP contribution in [0.3, 0.4) is 0 Å². The molecule has 1 aliphatic carbocycles. The molecule has 0 heterocycles. The minimum absolute atomic E-state index is 0.0754. The van der Waals surface area contributed by atoms with Gasteiger partial charge in [0, 0.05) is 12.0 Å². The van der Waals surface area contributed by atoms with Crippen LogP contribution in [0.4, 0.5) is 0 Å². The fourth-order valence-electron chi connectivity index (χ4n) is 1.33. The number of nitrogens with zero attached hydrogens (tertiary/aromatic N) is 1. The SMILES string of the molecule is C=CCOC(=O)CC(=O)C1=CC=CCC1=NO. The van der Waals surface area contributed by atoms with E-state index < -0.39 is 11.8 Å². The molecule has 1 aliphatic rings. The van der Waals surface area contributed by atoms with E-state index in [0.717, 1.165) is 0 Å². The van der Waals surface area contributed by atoms with Crippen LogP contribution in [0.25, 0.3) is 0 Å². The fraction of sp³-hybridized carbons (Fsp3) is 0.250. The van der Waals surface area contributed by atoms with E-state index in [1.807, 2.05) is 0 Å². The van der Waals surface area contributed by atoms with Gasteiger partial charge < -0.3 is 9.94 Å². The van der Waals surface area contributed by atoms with E-state index in [2.05, 4.69) is 11.7 Å². The summed E-state index contributed by atoms with van der Waals surface area (Å²) in [5.41, 5.74) is 0.500. The number of rotatable bonds is 5. The number of ether oxygens (including phenoxy) is 1. The van der Waals surface area contributed by atoms with E-state index in [0.29, 0.717) is 6.42 Å². The van der Waals surface area contributed by atoms with Crippen LogP contribution in [-0.2, 0) is 14.3 Å². The van der Waals surface area contributed by atoms with Crippen LogP contribution in [0.5, 0.6) is 0 Å². The number of Topliss-reactive ketones (excluding diaryl/α,β-unsaturated/α-hetero) is 1. The number of ketones is 1. The molecule has 0 aromatic heterocycles. The summed E-state index contributed by atoms with van der Waals surface area (Å²) in [6.45, 7) is 3.47. The number of esters is 1. The maximum Gasteiger partial charge on any atom is 0.314 e. The number of carbonyl (C=O) groups excluding carboxylic acids is 2. The maximum atomic E-state index is 11.7. The monoisotopic (exact) mass is 235 g/mol. The van der Waals surface area contributed by atoms with Crippen LogP contribution in [0, 0.1) is 0 Å². The standard InChI is InChI=1S/C12H13NO4/c1-2-7-17-12(15)8-11(14)9-5-3-4-6-10(9)13-16/h2-5,16H,1,6-8H2. The molecule has 0 aromatic rings. The first-order valence-electron chi connectivity index (χ1n) is 5.07. The second-order valence-electron chi connectivity index (χ2n) is 3.33. The van der Waals surface area contributed by atoms with Crippen LogP contribution in [0.1, 0.15) is 12.8 Å². The van der Waals surface area contributed by atoms with E-state index in [1.165, 1.54) is 12.2 Å². The molecule has 0 aliphatic heterocycles. The van der Waals surface area contributed by atoms with Gasteiger partial charge in [0.05, 0.1) is 5.71 Å². The molecular formula is C12H13NO4. The van der Waals surface area contributed by atoms with Crippen molar-refractivity contribution in [2.75, 3.05) is 6.61 Å². The highest BCUT2D eigenvalue weighted by atomic mass is 16.5. The molecule has 0 bridgehead atoms. The Labute approximate surface area is 98.8 Å². The highest BCUT2D eigenvalue weighted by Crippen LogP contribution is 2.12. The van der Waals surface area contributed by atoms with Crippen molar-refractivity contribution >= 4 is 17.5 Å². The van der Waals surface area contributed by atoms with Crippen LogP contribution >= 0.6 is 0 Å². The lowest BCUT2D eigenvalue weighted by Crippen LogP contribution is -2.19. The number of oxime groups is 1. The van der Waals surface area contributed by atoms with Crippen molar-refractivity contribution < 1.29 is 19.5 Å². The third-order valence-electron chi connectivity index (χ3n) is 2.11. The van der Waals surface area contributed by atoms with Crippen molar-refractivity contribution in [3.8, 4) is 0 Å². The number of hydrogen-bond donors (Lipinski definition) is 1. The summed E-state index contributed by atoms with van der Waals surface area (Å²) >= 11 is 0. The zero-order valence-corrected chi connectivity index (χ0v) is 9.26. The average molecular weight is 235 g/mol. The Hall–Kier alpha value is -2.17. The molecule has 0 unspecified atom stereocenters. The minimum atomic E-state index is -0.623. The molecule has 0 radical (unpaired) electrons. The van der Waals surface area contributed by atoms with Crippen molar-refractivity contribution in [3.05, 3.63) is 36.5 Å². The molecule has 0 amide bonds. The molecular weight excluding hydrogens is 222 g/mol. The van der Waals surface area contributed by atoms with E-state index in [-0.39, 0.29) is 24.3 Å². The van der Waals surface area contributed by atoms with Gasteiger partial charge in [-0.3, -0.25) is 9.59 Å². The fourth-order valence-corrected chi connectivity index (χ4v) is 1.33. The van der Waals surface area contributed by atoms with Crippen molar-refractivity contribution in [2.45, 2.75) is 12.8 Å². The first-order valence-corrected chi connectivity index (χ1v) is 5.07. The third-order valence-corrected chi connectivity index (χ3v) is 2.11. The molecule has 1 rings (SSSR count). The van der Waals surface area contributed by atoms with Crippen LogP contribution in [0.15, 0.2) is 41.6 Å². The summed E-state index contributed by atoms with van der Waals surface area (Å²) in [5.74, 6) is -1.04. The smallest absolute Gasteiger partial charge is 0.314 e. The van der Waals surface area contributed by atoms with Crippen molar-refractivity contribution in [1.29, 1.82) is 0 Å². The molecule has 0 spiro atoms. The third kappa shape index (κ3) is 3.71. The lowest BCUT2D eigenvalue weighted by Gasteiger charge is -2.09. The van der Waals surface area contributed by atoms with Gasteiger partial charge in [-0.15, -0.1) is 0 Å². The van der Waals surface area contributed by atoms with Gasteiger partial charge in [-0.1, -0.05) is 30.0 Å². The molecule has 0 aromatic carbocycles. The maximum absolute atomic E-state index is 11.7. The van der Waals surface area contributed by atoms with Gasteiger partial charge in [-0.25, -0.2) is 0 Å². The van der Waals surface area contributed by atoms with Gasteiger partial charge in [0.2, 0.25) is 0 Å². The molecule has 17 heavy (non-hydrogen) atoms. The van der Waals surface area contributed by atoms with Crippen LogP contribution < -0.4 is 0 Å². The molecule has 1 N–H and O–H groups in total. The zero-order chi connectivity index (χ0) is 12.7. The van der Waals surface area contributed by atoms with Gasteiger partial charge in [-0.05, 0) is 6.08 Å². The normalized spacial score (nSPS) is 16.5. The quantitative estimate of drug-likeness (QED) is 0.257. The largest absolute Gasteiger partial charge is 0.461 e. The van der Waals surface area contributed by atoms with Gasteiger partial charge in [0.15, 0.2) is 5.78 Å². The van der Waals surface area contributed by atoms with Gasteiger partial charge in [0.25, 0.3) is 0 Å². The first-order chi connectivity index (χ1) is 8.19. The van der Waals surface area contributed by atoms with E-state index >= 15 is 0 Å². The molecule has 90 valence electrons. The first kappa shape index (κ1) is 12.9. The molecule has 5 nitrogen and oxygen atoms in total. The van der Waals surface area contributed by atoms with Gasteiger partial charge >= 0.3 is 5.97 Å². The summed E-state index contributed by atoms with van der Waals surface area (Å²) in [4.78, 5) is 22.9. The van der Waals surface area contributed by atoms with E-state index in [1.54, 1.807) is 12.2 Å². The van der Waals surface area contributed by atoms with Gasteiger partial charge in [0.1, 0.15) is 13.0 Å². The Bertz CT molecular complexity index is 418. The Balaban J connectivity index is 2.63. The lowest BCUT2D eigenvalue weighted by atomic mass is 9.97. The summed E-state index contributed by atoms with van der Waals surface area (Å²) in [6.07, 6.45) is 6.37. The summed E-state index contributed by atoms with van der Waals surface area (Å²) in [7, 11) is 0. The highest BCUT2D eigenvalue weighted by Gasteiger charge is 2.20. The van der Waals surface area contributed by atoms with E-state index in [4.69, 9.17) is 9.94 Å². The topological polar surface area (TPSA) is 76.0 Å². The molecule has 0 atom stereocenters. The number of carbonyl (C=O) groups is 2. The van der Waals surface area contributed by atoms with Crippen molar-refractivity contribution in [3.63, 3.8) is 0 Å². The Morgan fingerprint density at radius 3 is 3.00 bits per heavy atom. The molecule has 0 fully saturated rings. The second kappa shape index (κ2) is 6.42. The predicted molar refractivity (Wildman–Crippen MR) is 61.8 cm³/mol. The number of allylic oxidation sites excluding steroid dienone is 4. The molecule has 5 heteroatoms. The Morgan fingerprint density at radius 1 is 1.59 bits per heavy atom. The van der Waals surface area contributed by atoms with Gasteiger partial charge in [-0.2, -0.15) is 0 Å². The molecule has 0 saturated heterocycles. The summed E-state index contributed by atoms with van der Waals surface area (Å²) < 4.78 is 4.70. The summed E-state index contributed by atoms with van der Waals surface area (Å²) in [5, 5.41) is 11.7. The predicted octanol–water partition coefficient (Wildman–Crippen LogP) is 1.39. The average Bonchev–Trinajstić information content (AvgIpc) is 2.36. The minimum Gasteiger partial charge on any atom is -0.461 e. The molecule has 0 saturated carbocycles. The highest BCUT2D eigenvalue weighted by molar-refractivity contribution is 6.25. The lowest BCUT2D eigenvalue weighted by molar-refractivity contribution is -0.144. The zero-order valence-electron chi connectivity index (χ0n) is 9.26. The Morgan fingerprint density at radius 2 is 2.35 bits per heavy atom. The van der Waals surface area contributed by atoms with Crippen LogP contribution in [0.2, 0.25) is 0 Å².